The SMILES string of the molecule is NNC(c1c(F)ccc(Br)c1F)c1cnn2ccncc12. The molecule has 1 atom stereocenters. The highest BCUT2D eigenvalue weighted by atomic mass is 79.9. The second kappa shape index (κ2) is 5.47. The molecule has 21 heavy (non-hydrogen) atoms. The van der Waals surface area contributed by atoms with Crippen LogP contribution < -0.4 is 11.3 Å². The van der Waals surface area contributed by atoms with Crippen LogP contribution >= 0.6 is 15.9 Å². The van der Waals surface area contributed by atoms with Crippen LogP contribution in [-0.2, 0) is 0 Å². The quantitative estimate of drug-likeness (QED) is 0.430. The molecule has 0 aliphatic carbocycles. The summed E-state index contributed by atoms with van der Waals surface area (Å²) in [6.07, 6.45) is 6.26. The van der Waals surface area contributed by atoms with Gasteiger partial charge in [0.05, 0.1) is 28.4 Å². The van der Waals surface area contributed by atoms with E-state index in [9.17, 15) is 8.78 Å². The van der Waals surface area contributed by atoms with Crippen molar-refractivity contribution in [3.8, 4) is 0 Å². The number of benzene rings is 1. The van der Waals surface area contributed by atoms with E-state index in [0.717, 1.165) is 0 Å². The number of nitrogens with zero attached hydrogens (tertiary/aromatic N) is 3. The summed E-state index contributed by atoms with van der Waals surface area (Å²) in [5.74, 6) is 4.12. The number of hydrazine groups is 1. The van der Waals surface area contributed by atoms with Crippen LogP contribution in [0.5, 0.6) is 0 Å². The number of aromatic nitrogens is 3. The summed E-state index contributed by atoms with van der Waals surface area (Å²) < 4.78 is 30.0. The zero-order chi connectivity index (χ0) is 15.0. The van der Waals surface area contributed by atoms with E-state index in [-0.39, 0.29) is 10.0 Å². The minimum absolute atomic E-state index is 0.161. The summed E-state index contributed by atoms with van der Waals surface area (Å²) in [7, 11) is 0. The van der Waals surface area contributed by atoms with Crippen LogP contribution in [0.2, 0.25) is 0 Å². The van der Waals surface area contributed by atoms with E-state index in [1.807, 2.05) is 0 Å². The summed E-state index contributed by atoms with van der Waals surface area (Å²) in [4.78, 5) is 3.99. The Kier molecular flexibility index (Phi) is 3.66. The van der Waals surface area contributed by atoms with Crippen molar-refractivity contribution >= 4 is 21.4 Å². The Labute approximate surface area is 126 Å². The van der Waals surface area contributed by atoms with Gasteiger partial charge < -0.3 is 0 Å². The summed E-state index contributed by atoms with van der Waals surface area (Å²) in [6, 6.07) is 1.60. The van der Waals surface area contributed by atoms with Crippen molar-refractivity contribution in [2.24, 2.45) is 5.84 Å². The molecule has 2 aromatic heterocycles. The monoisotopic (exact) mass is 353 g/mol. The molecule has 0 saturated carbocycles. The number of fused-ring (bicyclic) bond motifs is 1. The molecule has 0 bridgehead atoms. The van der Waals surface area contributed by atoms with Crippen LogP contribution in [0, 0.1) is 11.6 Å². The molecule has 108 valence electrons. The summed E-state index contributed by atoms with van der Waals surface area (Å²) >= 11 is 3.05. The Bertz CT molecular complexity index is 804. The van der Waals surface area contributed by atoms with Gasteiger partial charge in [-0.1, -0.05) is 0 Å². The second-order valence-corrected chi connectivity index (χ2v) is 5.22. The topological polar surface area (TPSA) is 68.2 Å². The fraction of sp³-hybridized carbons (Fsp3) is 0.0769. The maximum atomic E-state index is 14.3. The van der Waals surface area contributed by atoms with Gasteiger partial charge in [0.15, 0.2) is 0 Å². The van der Waals surface area contributed by atoms with E-state index < -0.39 is 17.7 Å². The van der Waals surface area contributed by atoms with E-state index >= 15 is 0 Å². The minimum Gasteiger partial charge on any atom is -0.271 e. The molecule has 0 amide bonds. The van der Waals surface area contributed by atoms with Gasteiger partial charge in [0, 0.05) is 23.5 Å². The maximum Gasteiger partial charge on any atom is 0.145 e. The maximum absolute atomic E-state index is 14.3. The first-order valence-electron chi connectivity index (χ1n) is 6.00. The molecule has 8 heteroatoms. The third-order valence-corrected chi connectivity index (χ3v) is 3.81. The smallest absolute Gasteiger partial charge is 0.145 e. The van der Waals surface area contributed by atoms with Gasteiger partial charge in [-0.05, 0) is 28.1 Å². The Hall–Kier alpha value is -1.90. The molecule has 1 aromatic carbocycles. The lowest BCUT2D eigenvalue weighted by Gasteiger charge is -2.17. The average molecular weight is 354 g/mol. The third kappa shape index (κ3) is 2.31. The van der Waals surface area contributed by atoms with Crippen LogP contribution in [0.1, 0.15) is 17.2 Å². The molecule has 0 aliphatic heterocycles. The average Bonchev–Trinajstić information content (AvgIpc) is 2.91. The van der Waals surface area contributed by atoms with Crippen LogP contribution in [0.15, 0.2) is 41.4 Å². The molecule has 3 aromatic rings. The molecule has 0 fully saturated rings. The van der Waals surface area contributed by atoms with Crippen molar-refractivity contribution in [2.45, 2.75) is 6.04 Å². The van der Waals surface area contributed by atoms with Crippen molar-refractivity contribution in [2.75, 3.05) is 0 Å². The predicted octanol–water partition coefficient (Wildman–Crippen LogP) is 2.32. The van der Waals surface area contributed by atoms with E-state index in [2.05, 4.69) is 31.4 Å². The molecular weight excluding hydrogens is 344 g/mol. The molecule has 5 nitrogen and oxygen atoms in total. The second-order valence-electron chi connectivity index (χ2n) is 4.36. The summed E-state index contributed by atoms with van der Waals surface area (Å²) in [5, 5.41) is 4.12. The lowest BCUT2D eigenvalue weighted by atomic mass is 9.99. The molecule has 3 rings (SSSR count). The highest BCUT2D eigenvalue weighted by molar-refractivity contribution is 9.10. The zero-order valence-electron chi connectivity index (χ0n) is 10.6. The summed E-state index contributed by atoms with van der Waals surface area (Å²) in [5.41, 5.74) is 3.40. The van der Waals surface area contributed by atoms with E-state index in [0.29, 0.717) is 11.1 Å². The van der Waals surface area contributed by atoms with Crippen molar-refractivity contribution in [1.82, 2.24) is 20.0 Å². The first-order chi connectivity index (χ1) is 10.1. The lowest BCUT2D eigenvalue weighted by molar-refractivity contribution is 0.508. The van der Waals surface area contributed by atoms with Crippen LogP contribution in [0.4, 0.5) is 8.78 Å². The molecule has 0 spiro atoms. The van der Waals surface area contributed by atoms with Gasteiger partial charge in [-0.25, -0.2) is 18.7 Å². The molecule has 0 aliphatic rings. The Morgan fingerprint density at radius 1 is 1.29 bits per heavy atom. The number of halogens is 3. The lowest BCUT2D eigenvalue weighted by Crippen LogP contribution is -2.30. The van der Waals surface area contributed by atoms with Gasteiger partial charge in [-0.15, -0.1) is 0 Å². The molecular formula is C13H10BrF2N5. The highest BCUT2D eigenvalue weighted by Crippen LogP contribution is 2.31. The Morgan fingerprint density at radius 3 is 2.86 bits per heavy atom. The van der Waals surface area contributed by atoms with Crippen molar-refractivity contribution in [1.29, 1.82) is 0 Å². The van der Waals surface area contributed by atoms with Crippen molar-refractivity contribution in [3.63, 3.8) is 0 Å². The Morgan fingerprint density at radius 2 is 2.10 bits per heavy atom. The summed E-state index contributed by atoms with van der Waals surface area (Å²) in [6.45, 7) is 0. The van der Waals surface area contributed by atoms with Gasteiger partial charge in [-0.3, -0.25) is 10.8 Å². The van der Waals surface area contributed by atoms with Gasteiger partial charge in [-0.2, -0.15) is 5.10 Å². The third-order valence-electron chi connectivity index (χ3n) is 3.20. The van der Waals surface area contributed by atoms with Crippen LogP contribution in [-0.4, -0.2) is 14.6 Å². The minimum atomic E-state index is -0.885. The first-order valence-corrected chi connectivity index (χ1v) is 6.79. The number of nitrogens with two attached hydrogens (primary N) is 1. The number of nitrogens with one attached hydrogen (secondary N) is 1. The van der Waals surface area contributed by atoms with Crippen LogP contribution in [0.25, 0.3) is 5.52 Å². The van der Waals surface area contributed by atoms with Crippen molar-refractivity contribution in [3.05, 3.63) is 64.2 Å². The largest absolute Gasteiger partial charge is 0.271 e. The fourth-order valence-corrected chi connectivity index (χ4v) is 2.56. The fourth-order valence-electron chi connectivity index (χ4n) is 2.21. The molecule has 0 saturated heterocycles. The van der Waals surface area contributed by atoms with Gasteiger partial charge in [0.25, 0.3) is 0 Å². The van der Waals surface area contributed by atoms with Crippen molar-refractivity contribution < 1.29 is 8.78 Å². The normalized spacial score (nSPS) is 12.8. The molecule has 1 unspecified atom stereocenters. The van der Waals surface area contributed by atoms with Gasteiger partial charge >= 0.3 is 0 Å². The Balaban J connectivity index is 2.22. The van der Waals surface area contributed by atoms with Crippen LogP contribution in [0.3, 0.4) is 0 Å². The molecule has 3 N–H and O–H groups in total. The number of rotatable bonds is 3. The first kappa shape index (κ1) is 14.1. The number of hydrogen-bond donors (Lipinski definition) is 2. The van der Waals surface area contributed by atoms with Gasteiger partial charge in [0.1, 0.15) is 11.6 Å². The number of hydrogen-bond acceptors (Lipinski definition) is 4. The highest BCUT2D eigenvalue weighted by Gasteiger charge is 2.25. The predicted molar refractivity (Wildman–Crippen MR) is 76.2 cm³/mol. The molecule has 0 radical (unpaired) electrons. The van der Waals surface area contributed by atoms with E-state index in [4.69, 9.17) is 5.84 Å². The van der Waals surface area contributed by atoms with E-state index in [1.165, 1.54) is 18.3 Å². The van der Waals surface area contributed by atoms with Gasteiger partial charge in [0.2, 0.25) is 0 Å². The standard InChI is InChI=1S/C13H10BrF2N5/c14-8-1-2-9(15)11(12(8)16)13(20-17)7-5-19-21-4-3-18-6-10(7)21/h1-6,13,20H,17H2. The zero-order valence-corrected chi connectivity index (χ0v) is 12.2. The molecule has 2 heterocycles. The van der Waals surface area contributed by atoms with E-state index in [1.54, 1.807) is 23.1 Å².